The fourth-order valence-electron chi connectivity index (χ4n) is 2.02. The van der Waals surface area contributed by atoms with E-state index in [0.717, 1.165) is 10.2 Å². The number of hydrogen-bond acceptors (Lipinski definition) is 7. The Labute approximate surface area is 136 Å². The standard InChI is InChI=1S/C15H14N6O3/c1-10-18-14(24-20-10)8-17-13(22)9-21-15(23)3-2-12(19-21)11-4-6-16-7-5-11/h2-7H,8-9H2,1H3,(H,17,22). The maximum Gasteiger partial charge on any atom is 0.267 e. The monoisotopic (exact) mass is 326 g/mol. The number of carbonyl (C=O) groups is 1. The first kappa shape index (κ1) is 15.5. The number of nitrogens with one attached hydrogen (secondary N) is 1. The lowest BCUT2D eigenvalue weighted by Gasteiger charge is -2.07. The van der Waals surface area contributed by atoms with Gasteiger partial charge in [-0.15, -0.1) is 0 Å². The Morgan fingerprint density at radius 1 is 1.25 bits per heavy atom. The summed E-state index contributed by atoms with van der Waals surface area (Å²) in [6, 6.07) is 6.52. The fraction of sp³-hybridized carbons (Fsp3) is 0.200. The number of pyridine rings is 1. The largest absolute Gasteiger partial charge is 0.345 e. The molecule has 9 nitrogen and oxygen atoms in total. The molecule has 3 aromatic heterocycles. The maximum atomic E-state index is 12.0. The van der Waals surface area contributed by atoms with Crippen molar-refractivity contribution in [3.8, 4) is 11.3 Å². The summed E-state index contributed by atoms with van der Waals surface area (Å²) in [5.74, 6) is 0.404. The second-order valence-electron chi connectivity index (χ2n) is 4.96. The molecule has 122 valence electrons. The Bertz CT molecular complexity index is 903. The third-order valence-electron chi connectivity index (χ3n) is 3.14. The summed E-state index contributed by atoms with van der Waals surface area (Å²) in [4.78, 5) is 31.8. The van der Waals surface area contributed by atoms with Gasteiger partial charge >= 0.3 is 0 Å². The molecule has 0 aliphatic carbocycles. The van der Waals surface area contributed by atoms with Crippen molar-refractivity contribution in [2.24, 2.45) is 0 Å². The van der Waals surface area contributed by atoms with Crippen molar-refractivity contribution in [1.82, 2.24) is 30.2 Å². The van der Waals surface area contributed by atoms with E-state index in [-0.39, 0.29) is 24.6 Å². The summed E-state index contributed by atoms with van der Waals surface area (Å²) in [5, 5.41) is 10.4. The SMILES string of the molecule is Cc1noc(CNC(=O)Cn2nc(-c3ccncc3)ccc2=O)n1. The zero-order chi connectivity index (χ0) is 16.9. The van der Waals surface area contributed by atoms with Gasteiger partial charge in [0.2, 0.25) is 11.8 Å². The minimum atomic E-state index is -0.382. The molecule has 3 heterocycles. The molecule has 0 unspecified atom stereocenters. The predicted octanol–water partition coefficient (Wildman–Crippen LogP) is 0.313. The third-order valence-corrected chi connectivity index (χ3v) is 3.14. The molecule has 0 aliphatic rings. The first-order valence-corrected chi connectivity index (χ1v) is 7.16. The van der Waals surface area contributed by atoms with Gasteiger partial charge in [-0.05, 0) is 25.1 Å². The highest BCUT2D eigenvalue weighted by Crippen LogP contribution is 2.12. The summed E-state index contributed by atoms with van der Waals surface area (Å²) in [6.45, 7) is 1.58. The van der Waals surface area contributed by atoms with Gasteiger partial charge in [-0.1, -0.05) is 5.16 Å². The van der Waals surface area contributed by atoms with E-state index < -0.39 is 0 Å². The topological polar surface area (TPSA) is 116 Å². The van der Waals surface area contributed by atoms with Crippen molar-refractivity contribution in [2.75, 3.05) is 0 Å². The zero-order valence-corrected chi connectivity index (χ0v) is 12.8. The Kier molecular flexibility index (Phi) is 4.41. The van der Waals surface area contributed by atoms with Crippen molar-refractivity contribution < 1.29 is 9.32 Å². The van der Waals surface area contributed by atoms with Crippen LogP contribution in [0.3, 0.4) is 0 Å². The molecule has 0 spiro atoms. The molecule has 0 saturated heterocycles. The van der Waals surface area contributed by atoms with Crippen molar-refractivity contribution in [3.63, 3.8) is 0 Å². The highest BCUT2D eigenvalue weighted by Gasteiger charge is 2.09. The molecule has 1 N–H and O–H groups in total. The van der Waals surface area contributed by atoms with E-state index in [0.29, 0.717) is 17.4 Å². The zero-order valence-electron chi connectivity index (χ0n) is 12.8. The number of amides is 1. The van der Waals surface area contributed by atoms with Crippen molar-refractivity contribution in [2.45, 2.75) is 20.0 Å². The first-order valence-electron chi connectivity index (χ1n) is 7.16. The van der Waals surface area contributed by atoms with Crippen LogP contribution >= 0.6 is 0 Å². The lowest BCUT2D eigenvalue weighted by atomic mass is 10.2. The predicted molar refractivity (Wildman–Crippen MR) is 82.6 cm³/mol. The summed E-state index contributed by atoms with van der Waals surface area (Å²) >= 11 is 0. The maximum absolute atomic E-state index is 12.0. The van der Waals surface area contributed by atoms with Gasteiger partial charge in [-0.2, -0.15) is 10.1 Å². The number of rotatable bonds is 5. The molecule has 24 heavy (non-hydrogen) atoms. The highest BCUT2D eigenvalue weighted by molar-refractivity contribution is 5.75. The van der Waals surface area contributed by atoms with Crippen LogP contribution in [-0.2, 0) is 17.9 Å². The summed E-state index contributed by atoms with van der Waals surface area (Å²) in [7, 11) is 0. The molecular formula is C15H14N6O3. The third kappa shape index (κ3) is 3.69. The molecule has 0 atom stereocenters. The minimum absolute atomic E-state index is 0.0957. The molecule has 0 fully saturated rings. The van der Waals surface area contributed by atoms with Crippen LogP contribution in [0.5, 0.6) is 0 Å². The fourth-order valence-corrected chi connectivity index (χ4v) is 2.02. The van der Waals surface area contributed by atoms with Crippen molar-refractivity contribution in [1.29, 1.82) is 0 Å². The van der Waals surface area contributed by atoms with E-state index in [2.05, 4.69) is 25.5 Å². The van der Waals surface area contributed by atoms with Crippen LogP contribution in [0.2, 0.25) is 0 Å². The van der Waals surface area contributed by atoms with E-state index in [1.807, 2.05) is 0 Å². The Hall–Kier alpha value is -3.36. The van der Waals surface area contributed by atoms with E-state index in [9.17, 15) is 9.59 Å². The summed E-state index contributed by atoms with van der Waals surface area (Å²) in [6.07, 6.45) is 3.26. The van der Waals surface area contributed by atoms with E-state index >= 15 is 0 Å². The molecule has 9 heteroatoms. The Morgan fingerprint density at radius 3 is 2.75 bits per heavy atom. The highest BCUT2D eigenvalue weighted by atomic mass is 16.5. The molecule has 0 bridgehead atoms. The first-order chi connectivity index (χ1) is 11.6. The van der Waals surface area contributed by atoms with Gasteiger partial charge in [-0.3, -0.25) is 14.6 Å². The minimum Gasteiger partial charge on any atom is -0.345 e. The lowest BCUT2D eigenvalue weighted by molar-refractivity contribution is -0.122. The number of hydrogen-bond donors (Lipinski definition) is 1. The molecule has 0 saturated carbocycles. The smallest absolute Gasteiger partial charge is 0.267 e. The molecule has 1 amide bonds. The number of aromatic nitrogens is 5. The molecular weight excluding hydrogens is 312 g/mol. The van der Waals surface area contributed by atoms with Gasteiger partial charge < -0.3 is 9.84 Å². The molecule has 0 aliphatic heterocycles. The normalized spacial score (nSPS) is 10.5. The van der Waals surface area contributed by atoms with Crippen LogP contribution in [-0.4, -0.2) is 30.8 Å². The van der Waals surface area contributed by atoms with Gasteiger partial charge in [0, 0.05) is 24.0 Å². The van der Waals surface area contributed by atoms with Gasteiger partial charge in [0.15, 0.2) is 5.82 Å². The summed E-state index contributed by atoms with van der Waals surface area (Å²) in [5.41, 5.74) is 1.02. The van der Waals surface area contributed by atoms with Crippen LogP contribution < -0.4 is 10.9 Å². The number of nitrogens with zero attached hydrogens (tertiary/aromatic N) is 5. The van der Waals surface area contributed by atoms with Crippen molar-refractivity contribution in [3.05, 3.63) is 58.7 Å². The van der Waals surface area contributed by atoms with E-state index in [1.165, 1.54) is 6.07 Å². The Morgan fingerprint density at radius 2 is 2.04 bits per heavy atom. The van der Waals surface area contributed by atoms with Gasteiger partial charge in [0.05, 0.1) is 12.2 Å². The van der Waals surface area contributed by atoms with E-state index in [1.54, 1.807) is 37.5 Å². The average Bonchev–Trinajstić information content (AvgIpc) is 3.01. The van der Waals surface area contributed by atoms with Crippen LogP contribution in [0.1, 0.15) is 11.7 Å². The Balaban J connectivity index is 1.70. The van der Waals surface area contributed by atoms with Crippen molar-refractivity contribution >= 4 is 5.91 Å². The average molecular weight is 326 g/mol. The quantitative estimate of drug-likeness (QED) is 0.717. The summed E-state index contributed by atoms with van der Waals surface area (Å²) < 4.78 is 6.00. The lowest BCUT2D eigenvalue weighted by Crippen LogP contribution is -2.33. The second-order valence-corrected chi connectivity index (χ2v) is 4.96. The van der Waals surface area contributed by atoms with Crippen LogP contribution in [0.15, 0.2) is 46.0 Å². The van der Waals surface area contributed by atoms with Crippen LogP contribution in [0, 0.1) is 6.92 Å². The van der Waals surface area contributed by atoms with Crippen LogP contribution in [0.4, 0.5) is 0 Å². The molecule has 0 radical (unpaired) electrons. The van der Waals surface area contributed by atoms with Gasteiger partial charge in [-0.25, -0.2) is 4.68 Å². The molecule has 3 aromatic rings. The van der Waals surface area contributed by atoms with Gasteiger partial charge in [0.1, 0.15) is 6.54 Å². The van der Waals surface area contributed by atoms with Crippen LogP contribution in [0.25, 0.3) is 11.3 Å². The van der Waals surface area contributed by atoms with Gasteiger partial charge in [0.25, 0.3) is 5.56 Å². The molecule has 0 aromatic carbocycles. The second kappa shape index (κ2) is 6.82. The van der Waals surface area contributed by atoms with E-state index in [4.69, 9.17) is 4.52 Å². The number of aryl methyl sites for hydroxylation is 1. The molecule has 3 rings (SSSR count). The number of carbonyl (C=O) groups excluding carboxylic acids is 1.